The summed E-state index contributed by atoms with van der Waals surface area (Å²) in [5.41, 5.74) is 2.00. The quantitative estimate of drug-likeness (QED) is 0.855. The van der Waals surface area contributed by atoms with Crippen molar-refractivity contribution in [1.29, 1.82) is 0 Å². The monoisotopic (exact) mass is 230 g/mol. The fourth-order valence-corrected chi connectivity index (χ4v) is 1.76. The highest BCUT2D eigenvalue weighted by Gasteiger charge is 2.16. The molecule has 88 valence electrons. The summed E-state index contributed by atoms with van der Waals surface area (Å²) in [4.78, 5) is 12.1. The number of hydrogen-bond donors (Lipinski definition) is 1. The van der Waals surface area contributed by atoms with Gasteiger partial charge in [-0.15, -0.1) is 0 Å². The van der Waals surface area contributed by atoms with Crippen LogP contribution in [-0.2, 0) is 0 Å². The van der Waals surface area contributed by atoms with E-state index in [1.54, 1.807) is 31.9 Å². The van der Waals surface area contributed by atoms with Crippen LogP contribution in [0.25, 0.3) is 0 Å². The highest BCUT2D eigenvalue weighted by Crippen LogP contribution is 2.27. The van der Waals surface area contributed by atoms with Crippen molar-refractivity contribution >= 4 is 0 Å². The van der Waals surface area contributed by atoms with Crippen molar-refractivity contribution in [2.45, 2.75) is 6.04 Å². The summed E-state index contributed by atoms with van der Waals surface area (Å²) in [6, 6.07) is 1.92. The zero-order valence-electron chi connectivity index (χ0n) is 9.79. The van der Waals surface area contributed by atoms with E-state index in [2.05, 4.69) is 20.3 Å². The summed E-state index contributed by atoms with van der Waals surface area (Å²) in [6.45, 7) is 0. The zero-order valence-corrected chi connectivity index (χ0v) is 9.79. The van der Waals surface area contributed by atoms with Gasteiger partial charge < -0.3 is 10.1 Å². The Labute approximate surface area is 99.9 Å². The summed E-state index contributed by atoms with van der Waals surface area (Å²) < 4.78 is 5.31. The molecule has 0 saturated carbocycles. The molecule has 0 aliphatic carbocycles. The molecule has 5 heteroatoms. The summed E-state index contributed by atoms with van der Waals surface area (Å²) in [5, 5.41) is 3.22. The van der Waals surface area contributed by atoms with E-state index in [1.807, 2.05) is 13.1 Å². The second kappa shape index (κ2) is 5.36. The first-order chi connectivity index (χ1) is 8.36. The summed E-state index contributed by atoms with van der Waals surface area (Å²) >= 11 is 0. The number of aromatic nitrogens is 3. The molecule has 0 aliphatic heterocycles. The molecule has 2 aromatic rings. The lowest BCUT2D eigenvalue weighted by Gasteiger charge is -2.18. The van der Waals surface area contributed by atoms with E-state index in [-0.39, 0.29) is 6.04 Å². The maximum absolute atomic E-state index is 5.31. The van der Waals surface area contributed by atoms with Gasteiger partial charge in [-0.2, -0.15) is 0 Å². The second-order valence-electron chi connectivity index (χ2n) is 3.51. The van der Waals surface area contributed by atoms with Crippen LogP contribution in [0.15, 0.2) is 37.2 Å². The van der Waals surface area contributed by atoms with E-state index in [9.17, 15) is 0 Å². The van der Waals surface area contributed by atoms with E-state index < -0.39 is 0 Å². The Hall–Kier alpha value is -2.01. The smallest absolute Gasteiger partial charge is 0.142 e. The standard InChI is InChI=1S/C12H14N4O/c1-13-12(9-5-15-8-16-6-9)10-3-4-14-7-11(10)17-2/h3-8,12-13H,1-2H3. The molecule has 2 aromatic heterocycles. The van der Waals surface area contributed by atoms with Crippen LogP contribution in [-0.4, -0.2) is 29.1 Å². The number of nitrogens with one attached hydrogen (secondary N) is 1. The number of hydrogen-bond acceptors (Lipinski definition) is 5. The molecule has 1 atom stereocenters. The molecule has 5 nitrogen and oxygen atoms in total. The molecule has 0 amide bonds. The molecule has 0 aliphatic rings. The zero-order chi connectivity index (χ0) is 12.1. The molecule has 0 bridgehead atoms. The van der Waals surface area contributed by atoms with Gasteiger partial charge >= 0.3 is 0 Å². The Morgan fingerprint density at radius 2 is 1.94 bits per heavy atom. The fraction of sp³-hybridized carbons (Fsp3) is 0.250. The van der Waals surface area contributed by atoms with Crippen LogP contribution < -0.4 is 10.1 Å². The first kappa shape index (κ1) is 11.5. The van der Waals surface area contributed by atoms with Crippen molar-refractivity contribution in [3.05, 3.63) is 48.3 Å². The molecule has 2 heterocycles. The Balaban J connectivity index is 2.42. The van der Waals surface area contributed by atoms with Crippen molar-refractivity contribution in [2.75, 3.05) is 14.2 Å². The van der Waals surface area contributed by atoms with Crippen molar-refractivity contribution in [2.24, 2.45) is 0 Å². The van der Waals surface area contributed by atoms with Gasteiger partial charge in [-0.05, 0) is 13.1 Å². The Morgan fingerprint density at radius 1 is 1.18 bits per heavy atom. The minimum Gasteiger partial charge on any atom is -0.495 e. The normalized spacial score (nSPS) is 12.1. The minimum atomic E-state index is -0.00542. The molecule has 2 rings (SSSR count). The van der Waals surface area contributed by atoms with Crippen LogP contribution in [0.5, 0.6) is 5.75 Å². The van der Waals surface area contributed by atoms with Crippen LogP contribution in [0.2, 0.25) is 0 Å². The first-order valence-corrected chi connectivity index (χ1v) is 5.27. The van der Waals surface area contributed by atoms with Gasteiger partial charge in [-0.1, -0.05) is 0 Å². The Kier molecular flexibility index (Phi) is 3.62. The van der Waals surface area contributed by atoms with E-state index in [1.165, 1.54) is 6.33 Å². The highest BCUT2D eigenvalue weighted by molar-refractivity contribution is 5.38. The van der Waals surface area contributed by atoms with Crippen molar-refractivity contribution in [1.82, 2.24) is 20.3 Å². The third kappa shape index (κ3) is 2.39. The fourth-order valence-electron chi connectivity index (χ4n) is 1.76. The van der Waals surface area contributed by atoms with Gasteiger partial charge in [0.25, 0.3) is 0 Å². The van der Waals surface area contributed by atoms with Crippen molar-refractivity contribution in [3.8, 4) is 5.75 Å². The Bertz CT molecular complexity index is 475. The highest BCUT2D eigenvalue weighted by atomic mass is 16.5. The second-order valence-corrected chi connectivity index (χ2v) is 3.51. The van der Waals surface area contributed by atoms with Gasteiger partial charge in [-0.25, -0.2) is 9.97 Å². The number of rotatable bonds is 4. The third-order valence-corrected chi connectivity index (χ3v) is 2.55. The largest absolute Gasteiger partial charge is 0.495 e. The predicted molar refractivity (Wildman–Crippen MR) is 63.7 cm³/mol. The van der Waals surface area contributed by atoms with Crippen LogP contribution in [0, 0.1) is 0 Å². The molecule has 0 saturated heterocycles. The molecule has 1 unspecified atom stereocenters. The molecule has 0 radical (unpaired) electrons. The van der Waals surface area contributed by atoms with Crippen LogP contribution in [0.4, 0.5) is 0 Å². The van der Waals surface area contributed by atoms with Gasteiger partial charge in [0, 0.05) is 29.7 Å². The average molecular weight is 230 g/mol. The van der Waals surface area contributed by atoms with Crippen molar-refractivity contribution in [3.63, 3.8) is 0 Å². The number of nitrogens with zero attached hydrogens (tertiary/aromatic N) is 3. The Morgan fingerprint density at radius 3 is 2.59 bits per heavy atom. The van der Waals surface area contributed by atoms with E-state index in [0.717, 1.165) is 16.9 Å². The summed E-state index contributed by atoms with van der Waals surface area (Å²) in [7, 11) is 3.52. The lowest BCUT2D eigenvalue weighted by molar-refractivity contribution is 0.403. The molecule has 0 fully saturated rings. The maximum atomic E-state index is 5.31. The average Bonchev–Trinajstić information content (AvgIpc) is 2.41. The molecule has 0 spiro atoms. The summed E-state index contributed by atoms with van der Waals surface area (Å²) in [5.74, 6) is 0.746. The van der Waals surface area contributed by atoms with Crippen molar-refractivity contribution < 1.29 is 4.74 Å². The van der Waals surface area contributed by atoms with Crippen LogP contribution in [0.3, 0.4) is 0 Å². The van der Waals surface area contributed by atoms with Crippen LogP contribution >= 0.6 is 0 Å². The van der Waals surface area contributed by atoms with E-state index in [4.69, 9.17) is 4.74 Å². The van der Waals surface area contributed by atoms with Gasteiger partial charge in [0.1, 0.15) is 12.1 Å². The number of methoxy groups -OCH3 is 1. The SMILES string of the molecule is CNC(c1cncnc1)c1ccncc1OC. The predicted octanol–water partition coefficient (Wildman–Crippen LogP) is 1.19. The lowest BCUT2D eigenvalue weighted by Crippen LogP contribution is -2.18. The molecule has 1 N–H and O–H groups in total. The minimum absolute atomic E-state index is 0.00542. The number of pyridine rings is 1. The number of ether oxygens (including phenoxy) is 1. The van der Waals surface area contributed by atoms with Gasteiger partial charge in [0.2, 0.25) is 0 Å². The van der Waals surface area contributed by atoms with Gasteiger partial charge in [-0.3, -0.25) is 4.98 Å². The molecule has 17 heavy (non-hydrogen) atoms. The topological polar surface area (TPSA) is 59.9 Å². The summed E-state index contributed by atoms with van der Waals surface area (Å²) in [6.07, 6.45) is 8.53. The molecular formula is C12H14N4O. The van der Waals surface area contributed by atoms with Gasteiger partial charge in [0.05, 0.1) is 19.3 Å². The third-order valence-electron chi connectivity index (χ3n) is 2.55. The van der Waals surface area contributed by atoms with E-state index >= 15 is 0 Å². The molecular weight excluding hydrogens is 216 g/mol. The maximum Gasteiger partial charge on any atom is 0.142 e. The first-order valence-electron chi connectivity index (χ1n) is 5.27. The molecule has 0 aromatic carbocycles. The van der Waals surface area contributed by atoms with Gasteiger partial charge in [0.15, 0.2) is 0 Å². The van der Waals surface area contributed by atoms with E-state index in [0.29, 0.717) is 0 Å². The van der Waals surface area contributed by atoms with Crippen LogP contribution in [0.1, 0.15) is 17.2 Å². The lowest BCUT2D eigenvalue weighted by atomic mass is 10.0.